The van der Waals surface area contributed by atoms with Gasteiger partial charge in [0, 0.05) is 37.4 Å². The van der Waals surface area contributed by atoms with Crippen LogP contribution in [0.15, 0.2) is 0 Å². The van der Waals surface area contributed by atoms with Crippen molar-refractivity contribution in [2.75, 3.05) is 63.9 Å². The van der Waals surface area contributed by atoms with Gasteiger partial charge in [-0.25, -0.2) is 0 Å². The molecule has 0 atom stereocenters. The first-order valence-electron chi connectivity index (χ1n) is 24.0. The van der Waals surface area contributed by atoms with E-state index in [1.54, 1.807) is 9.80 Å². The van der Waals surface area contributed by atoms with Crippen molar-refractivity contribution in [1.29, 1.82) is 0 Å². The van der Waals surface area contributed by atoms with Crippen molar-refractivity contribution in [2.24, 2.45) is 0 Å². The Morgan fingerprint density at radius 2 is 0.593 bits per heavy atom. The van der Waals surface area contributed by atoms with Crippen LogP contribution >= 0.6 is 21.6 Å². The number of carbonyl (C=O) groups is 2. The van der Waals surface area contributed by atoms with Gasteiger partial charge in [-0.3, -0.25) is 9.59 Å². The highest BCUT2D eigenvalue weighted by Gasteiger charge is 2.05. The summed E-state index contributed by atoms with van der Waals surface area (Å²) >= 11 is 0. The second-order valence-electron chi connectivity index (χ2n) is 16.2. The number of hydrogen-bond acceptors (Lipinski definition) is 4. The fraction of sp³-hybridized carbons (Fsp3) is 0.957. The Morgan fingerprint density at radius 3 is 0.852 bits per heavy atom. The highest BCUT2D eigenvalue weighted by atomic mass is 33.1. The van der Waals surface area contributed by atoms with Gasteiger partial charge in [0.1, 0.15) is 0 Å². The number of quaternary nitrogens is 2. The molecule has 0 aromatic heterocycles. The molecular formula is C46H96N4O2S2+2. The van der Waals surface area contributed by atoms with Crippen LogP contribution in [0.2, 0.25) is 0 Å². The Bertz CT molecular complexity index is 705. The van der Waals surface area contributed by atoms with Gasteiger partial charge in [0.25, 0.3) is 0 Å². The van der Waals surface area contributed by atoms with Crippen molar-refractivity contribution in [3.05, 3.63) is 0 Å². The van der Waals surface area contributed by atoms with Crippen LogP contribution in [-0.4, -0.2) is 75.7 Å². The van der Waals surface area contributed by atoms with E-state index in [4.69, 9.17) is 0 Å². The van der Waals surface area contributed by atoms with Gasteiger partial charge in [0.15, 0.2) is 0 Å². The summed E-state index contributed by atoms with van der Waals surface area (Å²) in [6.07, 6.45) is 38.4. The predicted molar refractivity (Wildman–Crippen MR) is 243 cm³/mol. The average Bonchev–Trinajstić information content (AvgIpc) is 3.18. The molecule has 0 aliphatic carbocycles. The normalized spacial score (nSPS) is 11.6. The molecule has 0 aliphatic rings. The van der Waals surface area contributed by atoms with Gasteiger partial charge in [-0.1, -0.05) is 150 Å². The Morgan fingerprint density at radius 1 is 0.352 bits per heavy atom. The molecule has 8 heteroatoms. The first-order chi connectivity index (χ1) is 26.6. The average molecular weight is 801 g/mol. The molecule has 0 spiro atoms. The third kappa shape index (κ3) is 41.2. The molecule has 0 rings (SSSR count). The Kier molecular flexibility index (Phi) is 44.9. The molecule has 0 aromatic rings. The predicted octanol–water partition coefficient (Wildman–Crippen LogP) is 10.2. The lowest BCUT2D eigenvalue weighted by Crippen LogP contribution is -3.11. The minimum Gasteiger partial charge on any atom is -0.356 e. The Balaban J connectivity index is 3.27. The summed E-state index contributed by atoms with van der Waals surface area (Å²) < 4.78 is 0. The summed E-state index contributed by atoms with van der Waals surface area (Å²) in [5, 5.41) is 6.21. The van der Waals surface area contributed by atoms with E-state index in [-0.39, 0.29) is 11.8 Å². The number of amides is 2. The quantitative estimate of drug-likeness (QED) is 0.0366. The first-order valence-corrected chi connectivity index (χ1v) is 26.5. The van der Waals surface area contributed by atoms with Gasteiger partial charge in [-0.05, 0) is 79.1 Å². The molecule has 322 valence electrons. The van der Waals surface area contributed by atoms with Crippen LogP contribution in [0.4, 0.5) is 0 Å². The molecule has 0 unspecified atom stereocenters. The van der Waals surface area contributed by atoms with Crippen molar-refractivity contribution in [3.8, 4) is 0 Å². The van der Waals surface area contributed by atoms with Crippen LogP contribution in [0.3, 0.4) is 0 Å². The van der Waals surface area contributed by atoms with E-state index in [1.807, 2.05) is 21.6 Å². The zero-order valence-electron chi connectivity index (χ0n) is 36.9. The molecule has 54 heavy (non-hydrogen) atoms. The van der Waals surface area contributed by atoms with E-state index in [0.717, 1.165) is 50.3 Å². The van der Waals surface area contributed by atoms with Crippen molar-refractivity contribution >= 4 is 33.4 Å². The zero-order valence-corrected chi connectivity index (χ0v) is 38.6. The standard InChI is InChI=1S/C46H94N4O2S2/c1-5-49(6-2)41-33-29-25-21-17-13-9-11-15-19-23-27-31-37-45(51)47-39-35-43-53-54-44-36-40-48-46(52)38-32-28-24-20-16-12-10-14-18-22-26-30-34-42-50(7-3)8-4/h5-44H2,1-4H3,(H,47,51)(H,48,52)/p+2. The van der Waals surface area contributed by atoms with E-state index in [0.29, 0.717) is 12.8 Å². The van der Waals surface area contributed by atoms with E-state index in [1.165, 1.54) is 193 Å². The van der Waals surface area contributed by atoms with Gasteiger partial charge < -0.3 is 20.4 Å². The molecule has 0 heterocycles. The topological polar surface area (TPSA) is 67.1 Å². The van der Waals surface area contributed by atoms with Gasteiger partial charge in [0.2, 0.25) is 11.8 Å². The molecule has 0 fully saturated rings. The number of carbonyl (C=O) groups excluding carboxylic acids is 2. The number of unbranched alkanes of at least 4 members (excludes halogenated alkanes) is 24. The van der Waals surface area contributed by atoms with Crippen LogP contribution in [0.5, 0.6) is 0 Å². The second-order valence-corrected chi connectivity index (χ2v) is 18.9. The van der Waals surface area contributed by atoms with Crippen molar-refractivity contribution in [3.63, 3.8) is 0 Å². The fourth-order valence-corrected chi connectivity index (χ4v) is 9.60. The first kappa shape index (κ1) is 53.6. The molecule has 0 aliphatic heterocycles. The van der Waals surface area contributed by atoms with Gasteiger partial charge in [0.05, 0.1) is 39.3 Å². The summed E-state index contributed by atoms with van der Waals surface area (Å²) in [5.41, 5.74) is 0. The van der Waals surface area contributed by atoms with Crippen molar-refractivity contribution in [2.45, 2.75) is 220 Å². The molecule has 6 nitrogen and oxygen atoms in total. The number of nitrogens with one attached hydrogen (secondary N) is 4. The Hall–Kier alpha value is -0.440. The molecule has 0 radical (unpaired) electrons. The molecule has 4 N–H and O–H groups in total. The van der Waals surface area contributed by atoms with Crippen molar-refractivity contribution < 1.29 is 19.4 Å². The maximum Gasteiger partial charge on any atom is 0.219 e. The van der Waals surface area contributed by atoms with Crippen LogP contribution in [0.1, 0.15) is 220 Å². The minimum atomic E-state index is 0.224. The molecule has 0 saturated heterocycles. The molecule has 0 aromatic carbocycles. The molecule has 2 amide bonds. The van der Waals surface area contributed by atoms with E-state index >= 15 is 0 Å². The SMILES string of the molecule is CC[NH+](CC)CCCCCCCCCCCCCCCC(=O)NCCCSSCCCNC(=O)CCCCCCCCCCCCCCC[NH+](CC)CC. The van der Waals surface area contributed by atoms with E-state index in [9.17, 15) is 9.59 Å². The summed E-state index contributed by atoms with van der Waals surface area (Å²) in [5.74, 6) is 2.57. The third-order valence-electron chi connectivity index (χ3n) is 11.4. The maximum absolute atomic E-state index is 12.1. The molecular weight excluding hydrogens is 705 g/mol. The van der Waals surface area contributed by atoms with Crippen LogP contribution < -0.4 is 20.4 Å². The zero-order chi connectivity index (χ0) is 39.4. The highest BCUT2D eigenvalue weighted by Crippen LogP contribution is 2.22. The summed E-state index contributed by atoms with van der Waals surface area (Å²) in [7, 11) is 3.78. The summed E-state index contributed by atoms with van der Waals surface area (Å²) in [6.45, 7) is 18.6. The largest absolute Gasteiger partial charge is 0.356 e. The second kappa shape index (κ2) is 45.3. The van der Waals surface area contributed by atoms with Crippen LogP contribution in [-0.2, 0) is 9.59 Å². The lowest BCUT2D eigenvalue weighted by atomic mass is 10.0. The summed E-state index contributed by atoms with van der Waals surface area (Å²) in [4.78, 5) is 27.8. The van der Waals surface area contributed by atoms with Gasteiger partial charge in [-0.15, -0.1) is 0 Å². The van der Waals surface area contributed by atoms with E-state index in [2.05, 4.69) is 38.3 Å². The summed E-state index contributed by atoms with van der Waals surface area (Å²) in [6, 6.07) is 0. The van der Waals surface area contributed by atoms with Gasteiger partial charge >= 0.3 is 0 Å². The van der Waals surface area contributed by atoms with Crippen LogP contribution in [0, 0.1) is 0 Å². The smallest absolute Gasteiger partial charge is 0.219 e. The molecule has 0 bridgehead atoms. The molecule has 0 saturated carbocycles. The lowest BCUT2D eigenvalue weighted by Gasteiger charge is -2.14. The number of rotatable bonds is 45. The monoisotopic (exact) mass is 801 g/mol. The van der Waals surface area contributed by atoms with Crippen molar-refractivity contribution in [1.82, 2.24) is 10.6 Å². The maximum atomic E-state index is 12.1. The van der Waals surface area contributed by atoms with E-state index < -0.39 is 0 Å². The van der Waals surface area contributed by atoms with Gasteiger partial charge in [-0.2, -0.15) is 0 Å². The van der Waals surface area contributed by atoms with Crippen LogP contribution in [0.25, 0.3) is 0 Å². The Labute approximate surface area is 346 Å². The minimum absolute atomic E-state index is 0.224. The highest BCUT2D eigenvalue weighted by molar-refractivity contribution is 8.76. The third-order valence-corrected chi connectivity index (χ3v) is 14.0. The number of hydrogen-bond donors (Lipinski definition) is 4. The fourth-order valence-electron chi connectivity index (χ4n) is 7.43. The lowest BCUT2D eigenvalue weighted by molar-refractivity contribution is -0.896.